The molecular weight excluding hydrogens is 478 g/mol. The number of aryl methyl sites for hydroxylation is 1. The predicted octanol–water partition coefficient (Wildman–Crippen LogP) is 5.25. The number of aromatic nitrogens is 3. The highest BCUT2D eigenvalue weighted by molar-refractivity contribution is 6.30. The summed E-state index contributed by atoms with van der Waals surface area (Å²) in [6.07, 6.45) is 0.515. The number of hydrogen-bond acceptors (Lipinski definition) is 6. The van der Waals surface area contributed by atoms with Crippen LogP contribution in [0.4, 0.5) is 20.4 Å². The summed E-state index contributed by atoms with van der Waals surface area (Å²) < 4.78 is 29.1. The fourth-order valence-corrected chi connectivity index (χ4v) is 4.74. The summed E-state index contributed by atoms with van der Waals surface area (Å²) in [5.74, 6) is -1.10. The highest BCUT2D eigenvalue weighted by Crippen LogP contribution is 2.39. The van der Waals surface area contributed by atoms with Crippen LogP contribution in [0.25, 0.3) is 0 Å². The quantitative estimate of drug-likeness (QED) is 0.344. The molecule has 0 spiro atoms. The molecule has 0 radical (unpaired) electrons. The number of anilines is 2. The summed E-state index contributed by atoms with van der Waals surface area (Å²) in [6.45, 7) is 4.50. The fraction of sp³-hybridized carbons (Fsp3) is 0.375. The van der Waals surface area contributed by atoms with E-state index in [-0.39, 0.29) is 42.2 Å². The number of H-pyrrole nitrogens is 1. The number of aromatic amines is 1. The molecule has 1 aliphatic heterocycles. The van der Waals surface area contributed by atoms with Crippen molar-refractivity contribution in [1.29, 1.82) is 0 Å². The van der Waals surface area contributed by atoms with Crippen LogP contribution in [-0.2, 0) is 17.8 Å². The Morgan fingerprint density at radius 2 is 2.09 bits per heavy atom. The largest absolute Gasteiger partial charge is 0.481 e. The van der Waals surface area contributed by atoms with Gasteiger partial charge < -0.3 is 16.6 Å². The first-order valence-corrected chi connectivity index (χ1v) is 11.4. The average molecular weight is 507 g/mol. The molecule has 1 aliphatic rings. The van der Waals surface area contributed by atoms with Gasteiger partial charge in [0.05, 0.1) is 16.1 Å². The number of carboxylic acids is 1. The predicted molar refractivity (Wildman–Crippen MR) is 130 cm³/mol. The topological polar surface area (TPSA) is 129 Å². The van der Waals surface area contributed by atoms with Crippen LogP contribution in [0.5, 0.6) is 0 Å². The maximum Gasteiger partial charge on any atom is 0.310 e. The summed E-state index contributed by atoms with van der Waals surface area (Å²) in [5.41, 5.74) is 0.217. The Hall–Kier alpha value is -3.08. The summed E-state index contributed by atoms with van der Waals surface area (Å²) in [4.78, 5) is 18.8. The van der Waals surface area contributed by atoms with Crippen molar-refractivity contribution in [2.45, 2.75) is 45.7 Å². The lowest BCUT2D eigenvalue weighted by molar-refractivity contribution is -0.153. The van der Waals surface area contributed by atoms with Crippen LogP contribution in [0, 0.1) is 24.0 Å². The van der Waals surface area contributed by atoms with Crippen molar-refractivity contribution >= 4 is 29.2 Å². The minimum Gasteiger partial charge on any atom is -0.481 e. The van der Waals surface area contributed by atoms with Crippen molar-refractivity contribution in [3.63, 3.8) is 0 Å². The monoisotopic (exact) mass is 506 g/mol. The van der Waals surface area contributed by atoms with Crippen molar-refractivity contribution in [2.75, 3.05) is 11.9 Å². The maximum absolute atomic E-state index is 14.7. The molecule has 1 saturated heterocycles. The van der Waals surface area contributed by atoms with Crippen LogP contribution in [0.2, 0.25) is 5.02 Å². The number of carbonyl (C=O) groups is 1. The van der Waals surface area contributed by atoms with Crippen LogP contribution >= 0.6 is 11.6 Å². The average Bonchev–Trinajstić information content (AvgIpc) is 3.20. The number of rotatable bonds is 7. The van der Waals surface area contributed by atoms with E-state index in [1.54, 1.807) is 18.2 Å². The molecule has 1 aromatic carbocycles. The molecule has 188 valence electrons. The van der Waals surface area contributed by atoms with Gasteiger partial charge in [-0.2, -0.15) is 5.10 Å². The number of halogens is 3. The van der Waals surface area contributed by atoms with Gasteiger partial charge in [-0.05, 0) is 51.4 Å². The van der Waals surface area contributed by atoms with E-state index in [1.807, 2.05) is 18.7 Å². The highest BCUT2D eigenvalue weighted by atomic mass is 35.5. The molecule has 0 saturated carbocycles. The summed E-state index contributed by atoms with van der Waals surface area (Å²) in [7, 11) is 0. The number of aliphatic carboxylic acids is 1. The van der Waals surface area contributed by atoms with Crippen molar-refractivity contribution in [3.05, 3.63) is 70.0 Å². The fourth-order valence-electron chi connectivity index (χ4n) is 4.54. The molecule has 3 aromatic rings. The van der Waals surface area contributed by atoms with E-state index in [4.69, 9.17) is 11.6 Å². The van der Waals surface area contributed by atoms with E-state index in [1.165, 1.54) is 18.2 Å². The van der Waals surface area contributed by atoms with Crippen LogP contribution in [-0.4, -0.2) is 43.7 Å². The third-order valence-corrected chi connectivity index (χ3v) is 6.72. The third-order valence-electron chi connectivity index (χ3n) is 6.43. The molecule has 1 fully saturated rings. The first-order chi connectivity index (χ1) is 16.2. The lowest BCUT2D eigenvalue weighted by Crippen LogP contribution is -2.50. The molecular formula is C24H29ClF2N6O2. The second-order valence-corrected chi connectivity index (χ2v) is 9.34. The van der Waals surface area contributed by atoms with Crippen molar-refractivity contribution < 1.29 is 18.7 Å². The second kappa shape index (κ2) is 10.7. The molecule has 2 aromatic heterocycles. The molecule has 35 heavy (non-hydrogen) atoms. The van der Waals surface area contributed by atoms with Crippen molar-refractivity contribution in [2.24, 2.45) is 5.41 Å². The SMILES string of the molecule is Cc1cc(Nc2ccc(F)c(C[C@@]3(C(=O)O)CCN(Cc4cccc(Cl)c4F)[C@H](C)C3)n2)n[nH]1.N. The molecule has 0 bridgehead atoms. The third kappa shape index (κ3) is 5.77. The smallest absolute Gasteiger partial charge is 0.310 e. The number of likely N-dealkylation sites (tertiary alicyclic amines) is 1. The molecule has 4 rings (SSSR count). The zero-order chi connectivity index (χ0) is 24.5. The molecule has 0 unspecified atom stereocenters. The number of hydrogen-bond donors (Lipinski definition) is 4. The Bertz CT molecular complexity index is 1210. The number of carboxylic acid groups (broad SMARTS) is 1. The number of nitrogens with zero attached hydrogens (tertiary/aromatic N) is 3. The van der Waals surface area contributed by atoms with Crippen LogP contribution in [0.3, 0.4) is 0 Å². The van der Waals surface area contributed by atoms with Crippen LogP contribution < -0.4 is 11.5 Å². The minimum absolute atomic E-state index is 0. The summed E-state index contributed by atoms with van der Waals surface area (Å²) in [5, 5.41) is 20.1. The van der Waals surface area contributed by atoms with Gasteiger partial charge in [0.2, 0.25) is 0 Å². The van der Waals surface area contributed by atoms with Gasteiger partial charge in [0, 0.05) is 36.3 Å². The first kappa shape index (κ1) is 26.5. The summed E-state index contributed by atoms with van der Waals surface area (Å²) >= 11 is 5.90. The number of nitrogens with one attached hydrogen (secondary N) is 2. The lowest BCUT2D eigenvalue weighted by atomic mass is 9.72. The molecule has 3 heterocycles. The van der Waals surface area contributed by atoms with Crippen LogP contribution in [0.1, 0.15) is 36.7 Å². The number of benzene rings is 1. The van der Waals surface area contributed by atoms with Gasteiger partial charge in [-0.3, -0.25) is 14.8 Å². The maximum atomic E-state index is 14.7. The van der Waals surface area contributed by atoms with Gasteiger partial charge in [0.1, 0.15) is 17.5 Å². The Labute approximate surface area is 207 Å². The number of pyridine rings is 1. The summed E-state index contributed by atoms with van der Waals surface area (Å²) in [6, 6.07) is 9.24. The van der Waals surface area contributed by atoms with E-state index in [0.717, 1.165) is 5.69 Å². The van der Waals surface area contributed by atoms with E-state index >= 15 is 0 Å². The van der Waals surface area contributed by atoms with Gasteiger partial charge in [-0.25, -0.2) is 13.8 Å². The molecule has 0 amide bonds. The zero-order valence-corrected chi connectivity index (χ0v) is 20.4. The van der Waals surface area contributed by atoms with Gasteiger partial charge >= 0.3 is 5.97 Å². The van der Waals surface area contributed by atoms with Gasteiger partial charge in [0.25, 0.3) is 0 Å². The molecule has 11 heteroatoms. The van der Waals surface area contributed by atoms with Crippen LogP contribution in [0.15, 0.2) is 36.4 Å². The molecule has 0 aliphatic carbocycles. The molecule has 6 N–H and O–H groups in total. The van der Waals surface area contributed by atoms with Crippen molar-refractivity contribution in [1.82, 2.24) is 26.2 Å². The minimum atomic E-state index is -1.18. The Balaban J connectivity index is 0.00000342. The first-order valence-electron chi connectivity index (χ1n) is 11.0. The second-order valence-electron chi connectivity index (χ2n) is 8.94. The zero-order valence-electron chi connectivity index (χ0n) is 19.6. The van der Waals surface area contributed by atoms with Gasteiger partial charge in [-0.1, -0.05) is 23.7 Å². The lowest BCUT2D eigenvalue weighted by Gasteiger charge is -2.43. The van der Waals surface area contributed by atoms with Gasteiger partial charge in [-0.15, -0.1) is 0 Å². The van der Waals surface area contributed by atoms with E-state index in [9.17, 15) is 18.7 Å². The van der Waals surface area contributed by atoms with E-state index < -0.39 is 23.0 Å². The Morgan fingerprint density at radius 3 is 2.74 bits per heavy atom. The highest BCUT2D eigenvalue weighted by Gasteiger charge is 2.45. The van der Waals surface area contributed by atoms with Crippen molar-refractivity contribution in [3.8, 4) is 0 Å². The van der Waals surface area contributed by atoms with Gasteiger partial charge in [0.15, 0.2) is 5.82 Å². The number of piperidine rings is 1. The standard InChI is InChI=1S/C24H26ClF2N5O2.H3N/c1-14-10-21(31-30-14)29-20-7-6-18(26)19(28-20)12-24(23(33)34)8-9-32(15(2)11-24)13-16-4-3-5-17(25)22(16)27;/h3-7,10,15H,8-9,11-13H2,1-2H3,(H,33,34)(H2,28,29,30,31);1H3/t15-,24-;/m1./s1. The Kier molecular flexibility index (Phi) is 8.09. The van der Waals surface area contributed by atoms with E-state index in [2.05, 4.69) is 20.5 Å². The van der Waals surface area contributed by atoms with E-state index in [0.29, 0.717) is 30.3 Å². The normalized spacial score (nSPS) is 20.3. The molecule has 8 nitrogen and oxygen atoms in total. The Morgan fingerprint density at radius 1 is 1.31 bits per heavy atom. The molecule has 2 atom stereocenters.